The fourth-order valence-electron chi connectivity index (χ4n) is 8.41. The molecule has 0 aromatic rings. The lowest BCUT2D eigenvalue weighted by molar-refractivity contribution is 0.0463. The first-order valence-electron chi connectivity index (χ1n) is 28.9. The molecule has 406 valence electrons. The van der Waals surface area contributed by atoms with Gasteiger partial charge in [-0.2, -0.15) is 0 Å². The van der Waals surface area contributed by atoms with Crippen molar-refractivity contribution in [3.63, 3.8) is 0 Å². The van der Waals surface area contributed by atoms with Crippen molar-refractivity contribution < 1.29 is 19.0 Å². The van der Waals surface area contributed by atoms with E-state index in [1.165, 1.54) is 116 Å². The number of hydrogen-bond acceptors (Lipinski definition) is 7. The van der Waals surface area contributed by atoms with E-state index in [0.717, 1.165) is 87.8 Å². The normalized spacial score (nSPS) is 15.6. The molecule has 1 fully saturated rings. The summed E-state index contributed by atoms with van der Waals surface area (Å²) >= 11 is 0. The van der Waals surface area contributed by atoms with E-state index >= 15 is 0 Å². The van der Waals surface area contributed by atoms with E-state index in [4.69, 9.17) is 14.2 Å². The van der Waals surface area contributed by atoms with Gasteiger partial charge in [-0.15, -0.1) is 0 Å². The lowest BCUT2D eigenvalue weighted by Gasteiger charge is -2.31. The van der Waals surface area contributed by atoms with Crippen LogP contribution in [0.4, 0.5) is 4.79 Å². The Morgan fingerprint density at radius 2 is 0.925 bits per heavy atom. The first-order chi connectivity index (χ1) is 31.7. The molecule has 0 aliphatic heterocycles. The van der Waals surface area contributed by atoms with Crippen molar-refractivity contribution >= 4 is 6.09 Å². The molecule has 1 aliphatic rings. The van der Waals surface area contributed by atoms with Gasteiger partial charge in [0.15, 0.2) is 0 Å². The highest BCUT2D eigenvalue weighted by atomic mass is 16.5. The molecule has 1 rings (SSSR count). The van der Waals surface area contributed by atoms with Crippen LogP contribution in [-0.2, 0) is 14.2 Å². The summed E-state index contributed by atoms with van der Waals surface area (Å²) in [6.45, 7) is 46.9. The minimum absolute atomic E-state index is 0.251. The largest absolute Gasteiger partial charge is 0.449 e. The van der Waals surface area contributed by atoms with Crippen LogP contribution in [0.1, 0.15) is 253 Å². The van der Waals surface area contributed by atoms with Gasteiger partial charge in [-0.25, -0.2) is 4.79 Å². The molecule has 67 heavy (non-hydrogen) atoms. The van der Waals surface area contributed by atoms with Crippen molar-refractivity contribution in [2.45, 2.75) is 277 Å². The number of ether oxygens (including phenoxy) is 3. The number of hydrogen-bond donors (Lipinski definition) is 4. The molecule has 1 atom stereocenters. The SMILES string of the molecule is CC(C)CC1CCC(NC(C)C)CC1.CC(C)CCCCCCCNC(=O)OC[C@H](CC(C)C)C(C)C.CC(C)CCCCCCCNC(C)C.CC(C)CCCOCCOCCNC(C)C. The number of carbonyl (C=O) groups is 1. The second kappa shape index (κ2) is 50.0. The van der Waals surface area contributed by atoms with E-state index in [1.807, 2.05) is 0 Å². The Morgan fingerprint density at radius 3 is 1.39 bits per heavy atom. The molecule has 1 amide bonds. The Labute approximate surface area is 422 Å². The van der Waals surface area contributed by atoms with Gasteiger partial charge in [0.2, 0.25) is 0 Å². The molecule has 8 heteroatoms. The van der Waals surface area contributed by atoms with E-state index in [-0.39, 0.29) is 6.09 Å². The Morgan fingerprint density at radius 1 is 0.463 bits per heavy atom. The van der Waals surface area contributed by atoms with Gasteiger partial charge in [-0.3, -0.25) is 0 Å². The lowest BCUT2D eigenvalue weighted by Crippen LogP contribution is -2.37. The van der Waals surface area contributed by atoms with Gasteiger partial charge < -0.3 is 35.5 Å². The summed E-state index contributed by atoms with van der Waals surface area (Å²) in [6, 6.07) is 2.65. The number of nitrogens with one attached hydrogen (secondary N) is 4. The zero-order chi connectivity index (χ0) is 51.3. The summed E-state index contributed by atoms with van der Waals surface area (Å²) < 4.78 is 16.3. The maximum atomic E-state index is 11.7. The third-order valence-corrected chi connectivity index (χ3v) is 12.3. The van der Waals surface area contributed by atoms with Crippen LogP contribution in [0.25, 0.3) is 0 Å². The fourth-order valence-corrected chi connectivity index (χ4v) is 8.41. The number of amides is 1. The van der Waals surface area contributed by atoms with Crippen LogP contribution in [0.3, 0.4) is 0 Å². The molecular formula is C59H126N4O4. The predicted molar refractivity (Wildman–Crippen MR) is 298 cm³/mol. The second-order valence-corrected chi connectivity index (χ2v) is 23.7. The van der Waals surface area contributed by atoms with Crippen LogP contribution < -0.4 is 21.3 Å². The summed E-state index contributed by atoms with van der Waals surface area (Å²) in [5.74, 6) is 6.04. The van der Waals surface area contributed by atoms with Crippen molar-refractivity contribution in [1.82, 2.24) is 21.3 Å². The van der Waals surface area contributed by atoms with E-state index < -0.39 is 0 Å². The number of carbonyl (C=O) groups excluding carboxylic acids is 1. The third-order valence-electron chi connectivity index (χ3n) is 12.3. The number of unbranched alkanes of at least 4 members (excludes halogenated alkanes) is 8. The molecule has 0 radical (unpaired) electrons. The molecule has 1 saturated carbocycles. The van der Waals surface area contributed by atoms with Crippen LogP contribution >= 0.6 is 0 Å². The van der Waals surface area contributed by atoms with E-state index in [2.05, 4.69) is 146 Å². The first kappa shape index (κ1) is 70.3. The van der Waals surface area contributed by atoms with Crippen molar-refractivity contribution in [2.75, 3.05) is 52.7 Å². The second-order valence-electron chi connectivity index (χ2n) is 23.7. The Balaban J connectivity index is -0.000000834. The molecule has 0 unspecified atom stereocenters. The number of alkyl carbamates (subject to hydrolysis) is 1. The first-order valence-corrected chi connectivity index (χ1v) is 28.9. The molecule has 0 spiro atoms. The van der Waals surface area contributed by atoms with Crippen LogP contribution in [0.15, 0.2) is 0 Å². The molecule has 1 aliphatic carbocycles. The Hall–Kier alpha value is -0.930. The number of rotatable bonds is 37. The van der Waals surface area contributed by atoms with Crippen molar-refractivity contribution in [1.29, 1.82) is 0 Å². The quantitative estimate of drug-likeness (QED) is 0.0461. The lowest BCUT2D eigenvalue weighted by atomic mass is 9.81. The van der Waals surface area contributed by atoms with Gasteiger partial charge in [0.1, 0.15) is 0 Å². The van der Waals surface area contributed by atoms with Gasteiger partial charge in [-0.1, -0.05) is 189 Å². The van der Waals surface area contributed by atoms with Crippen LogP contribution in [-0.4, -0.2) is 82.9 Å². The highest BCUT2D eigenvalue weighted by Crippen LogP contribution is 2.29. The summed E-state index contributed by atoms with van der Waals surface area (Å²) in [5, 5.41) is 13.3. The van der Waals surface area contributed by atoms with E-state index in [1.54, 1.807) is 0 Å². The average molecular weight is 956 g/mol. The van der Waals surface area contributed by atoms with Crippen molar-refractivity contribution in [3.8, 4) is 0 Å². The van der Waals surface area contributed by atoms with Crippen LogP contribution in [0.2, 0.25) is 0 Å². The maximum Gasteiger partial charge on any atom is 0.407 e. The molecule has 8 nitrogen and oxygen atoms in total. The standard InChI is InChI=1S/C20H41NO2.C13H29NO2.C13H27N.C13H29N/c1-16(2)12-10-8-7-9-11-13-21-20(22)23-15-19(18(5)6)14-17(3)4;1-12(2)6-5-8-15-10-11-16-9-7-14-13(3)4;1-10(2)9-12-5-7-13(8-6-12)14-11(3)4;1-12(2)10-8-6-5-7-9-11-14-13(3)4/h16-19H,7-15H2,1-6H3,(H,21,22);12-14H,5-11H2,1-4H3;10-14H,5-9H2,1-4H3;12-14H,5-11H2,1-4H3/t19-;;;/m0.../s1. The van der Waals surface area contributed by atoms with Crippen molar-refractivity contribution in [2.24, 2.45) is 47.3 Å². The zero-order valence-corrected chi connectivity index (χ0v) is 48.9. The third kappa shape index (κ3) is 61.1. The molecule has 0 aromatic carbocycles. The van der Waals surface area contributed by atoms with Gasteiger partial charge in [-0.05, 0) is 118 Å². The molecule has 0 bridgehead atoms. The molecule has 0 heterocycles. The molecule has 0 saturated heterocycles. The summed E-state index contributed by atoms with van der Waals surface area (Å²) in [5.41, 5.74) is 0. The molecule has 0 aromatic heterocycles. The monoisotopic (exact) mass is 955 g/mol. The Kier molecular flexibility index (Phi) is 52.5. The van der Waals surface area contributed by atoms with Gasteiger partial charge in [0.05, 0.1) is 26.4 Å². The minimum atomic E-state index is -0.251. The molecule has 4 N–H and O–H groups in total. The van der Waals surface area contributed by atoms with Crippen LogP contribution in [0.5, 0.6) is 0 Å². The van der Waals surface area contributed by atoms with E-state index in [9.17, 15) is 4.79 Å². The summed E-state index contributed by atoms with van der Waals surface area (Å²) in [6.07, 6.45) is 26.3. The highest BCUT2D eigenvalue weighted by Gasteiger charge is 2.22. The minimum Gasteiger partial charge on any atom is -0.449 e. The fraction of sp³-hybridized carbons (Fsp3) is 0.983. The van der Waals surface area contributed by atoms with Gasteiger partial charge in [0, 0.05) is 43.9 Å². The highest BCUT2D eigenvalue weighted by molar-refractivity contribution is 5.67. The molecular weight excluding hydrogens is 829 g/mol. The topological polar surface area (TPSA) is 92.9 Å². The van der Waals surface area contributed by atoms with Crippen LogP contribution in [0, 0.1) is 47.3 Å². The smallest absolute Gasteiger partial charge is 0.407 e. The zero-order valence-electron chi connectivity index (χ0n) is 48.9. The van der Waals surface area contributed by atoms with Gasteiger partial charge >= 0.3 is 6.09 Å². The predicted octanol–water partition coefficient (Wildman–Crippen LogP) is 16.1. The van der Waals surface area contributed by atoms with Gasteiger partial charge in [0.25, 0.3) is 0 Å². The Bertz CT molecular complexity index is 930. The summed E-state index contributed by atoms with van der Waals surface area (Å²) in [7, 11) is 0. The maximum absolute atomic E-state index is 11.7. The summed E-state index contributed by atoms with van der Waals surface area (Å²) in [4.78, 5) is 11.7. The average Bonchev–Trinajstić information content (AvgIpc) is 3.22. The van der Waals surface area contributed by atoms with Crippen molar-refractivity contribution in [3.05, 3.63) is 0 Å². The van der Waals surface area contributed by atoms with E-state index in [0.29, 0.717) is 49.1 Å².